The minimum absolute atomic E-state index is 0.164. The van der Waals surface area contributed by atoms with Crippen LogP contribution in [0.1, 0.15) is 34.0 Å². The molecule has 1 N–H and O–H groups in total. The van der Waals surface area contributed by atoms with Crippen molar-refractivity contribution < 1.29 is 22.7 Å². The van der Waals surface area contributed by atoms with Crippen molar-refractivity contribution in [1.29, 1.82) is 0 Å². The molecule has 0 aliphatic rings. The second-order valence-electron chi connectivity index (χ2n) is 5.89. The van der Waals surface area contributed by atoms with Crippen molar-refractivity contribution in [2.75, 3.05) is 18.4 Å². The van der Waals surface area contributed by atoms with Gasteiger partial charge in [0.15, 0.2) is 0 Å². The lowest BCUT2D eigenvalue weighted by Crippen LogP contribution is -2.17. The summed E-state index contributed by atoms with van der Waals surface area (Å²) < 4.78 is 38.5. The maximum absolute atomic E-state index is 12.9. The van der Waals surface area contributed by atoms with E-state index in [1.807, 2.05) is 0 Å². The molecule has 0 fully saturated rings. The smallest absolute Gasteiger partial charge is 0.338 e. The Balaban J connectivity index is 2.44. The molecule has 2 aromatic rings. The van der Waals surface area contributed by atoms with Gasteiger partial charge in [-0.15, -0.1) is 0 Å². The average Bonchev–Trinajstić information content (AvgIpc) is 2.58. The predicted octanol–water partition coefficient (Wildman–Crippen LogP) is 3.60. The molecule has 0 radical (unpaired) electrons. The highest BCUT2D eigenvalue weighted by Crippen LogP contribution is 2.28. The summed E-state index contributed by atoms with van der Waals surface area (Å²) in [7, 11) is -2.29. The van der Waals surface area contributed by atoms with Crippen LogP contribution in [-0.2, 0) is 14.8 Å². The van der Waals surface area contributed by atoms with E-state index in [0.717, 1.165) is 5.56 Å². The zero-order chi connectivity index (χ0) is 19.5. The fourth-order valence-corrected chi connectivity index (χ4v) is 4.08. The monoisotopic (exact) mass is 377 g/mol. The van der Waals surface area contributed by atoms with Gasteiger partial charge < -0.3 is 9.47 Å². The Bertz CT molecular complexity index is 935. The van der Waals surface area contributed by atoms with Crippen molar-refractivity contribution in [2.45, 2.75) is 32.6 Å². The van der Waals surface area contributed by atoms with Gasteiger partial charge in [-0.2, -0.15) is 0 Å². The van der Waals surface area contributed by atoms with Gasteiger partial charge in [0.25, 0.3) is 10.0 Å². The number of ether oxygens (including phenoxy) is 2. The summed E-state index contributed by atoms with van der Waals surface area (Å²) in [5.74, 6) is 0.143. The maximum atomic E-state index is 12.9. The van der Waals surface area contributed by atoms with E-state index in [1.54, 1.807) is 65.1 Å². The van der Waals surface area contributed by atoms with Gasteiger partial charge in [0.1, 0.15) is 5.75 Å². The summed E-state index contributed by atoms with van der Waals surface area (Å²) in [6, 6.07) is 8.09. The van der Waals surface area contributed by atoms with Gasteiger partial charge in [0, 0.05) is 0 Å². The number of aryl methyl sites for hydroxylation is 2. The van der Waals surface area contributed by atoms with Crippen molar-refractivity contribution in [2.24, 2.45) is 0 Å². The Kier molecular flexibility index (Phi) is 5.92. The molecule has 26 heavy (non-hydrogen) atoms. The predicted molar refractivity (Wildman–Crippen MR) is 100 cm³/mol. The number of methoxy groups -OCH3 is 1. The van der Waals surface area contributed by atoms with E-state index in [1.165, 1.54) is 0 Å². The summed E-state index contributed by atoms with van der Waals surface area (Å²) in [6.07, 6.45) is 0. The van der Waals surface area contributed by atoms with Gasteiger partial charge in [-0.3, -0.25) is 4.72 Å². The molecule has 0 amide bonds. The van der Waals surface area contributed by atoms with Crippen molar-refractivity contribution in [3.63, 3.8) is 0 Å². The van der Waals surface area contributed by atoms with Crippen LogP contribution < -0.4 is 9.46 Å². The summed E-state index contributed by atoms with van der Waals surface area (Å²) in [5, 5.41) is 0. The highest BCUT2D eigenvalue weighted by molar-refractivity contribution is 7.92. The van der Waals surface area contributed by atoms with E-state index in [0.29, 0.717) is 28.1 Å². The Morgan fingerprint density at radius 2 is 1.81 bits per heavy atom. The molecule has 2 aromatic carbocycles. The van der Waals surface area contributed by atoms with Gasteiger partial charge >= 0.3 is 5.97 Å². The van der Waals surface area contributed by atoms with Gasteiger partial charge in [0.05, 0.1) is 29.9 Å². The van der Waals surface area contributed by atoms with E-state index in [9.17, 15) is 13.2 Å². The lowest BCUT2D eigenvalue weighted by molar-refractivity contribution is 0.0525. The molecule has 6 nitrogen and oxygen atoms in total. The number of carbonyl (C=O) groups excluding carboxylic acids is 1. The number of esters is 1. The van der Waals surface area contributed by atoms with Crippen molar-refractivity contribution in [3.05, 3.63) is 52.6 Å². The first kappa shape index (κ1) is 19.8. The number of carbonyl (C=O) groups is 1. The Morgan fingerprint density at radius 3 is 2.42 bits per heavy atom. The van der Waals surface area contributed by atoms with E-state index in [4.69, 9.17) is 9.47 Å². The molecular weight excluding hydrogens is 354 g/mol. The Labute approximate surface area is 154 Å². The van der Waals surface area contributed by atoms with Crippen LogP contribution >= 0.6 is 0 Å². The summed E-state index contributed by atoms with van der Waals surface area (Å²) >= 11 is 0. The number of hydrogen-bond donors (Lipinski definition) is 1. The summed E-state index contributed by atoms with van der Waals surface area (Å²) in [6.45, 7) is 7.13. The number of anilines is 1. The van der Waals surface area contributed by atoms with Gasteiger partial charge in [0.2, 0.25) is 0 Å². The van der Waals surface area contributed by atoms with Crippen LogP contribution in [0.25, 0.3) is 0 Å². The van der Waals surface area contributed by atoms with E-state index in [2.05, 4.69) is 4.72 Å². The molecule has 0 aliphatic carbocycles. The quantitative estimate of drug-likeness (QED) is 0.778. The molecule has 0 saturated carbocycles. The third-order valence-corrected chi connectivity index (χ3v) is 5.56. The number of benzene rings is 2. The fourth-order valence-electron chi connectivity index (χ4n) is 2.65. The first-order chi connectivity index (χ1) is 12.2. The fraction of sp³-hybridized carbons (Fsp3) is 0.316. The van der Waals surface area contributed by atoms with Crippen molar-refractivity contribution >= 4 is 21.7 Å². The summed E-state index contributed by atoms with van der Waals surface area (Å²) in [5.41, 5.74) is 2.46. The largest absolute Gasteiger partial charge is 0.496 e. The molecular formula is C19H23NO5S. The molecule has 0 bridgehead atoms. The standard InChI is InChI=1S/C19H23NO5S/c1-6-25-19(21)15-8-7-9-16(14(15)4)20-26(22,23)18-11-12(2)17(24-5)10-13(18)3/h7-11,20H,6H2,1-5H3. The first-order valence-corrected chi connectivity index (χ1v) is 9.64. The zero-order valence-corrected chi connectivity index (χ0v) is 16.4. The van der Waals surface area contributed by atoms with Gasteiger partial charge in [-0.05, 0) is 68.7 Å². The van der Waals surface area contributed by atoms with Gasteiger partial charge in [-0.25, -0.2) is 13.2 Å². The minimum Gasteiger partial charge on any atom is -0.496 e. The number of nitrogens with one attached hydrogen (secondary N) is 1. The number of hydrogen-bond acceptors (Lipinski definition) is 5. The molecule has 0 aromatic heterocycles. The molecule has 0 saturated heterocycles. The van der Waals surface area contributed by atoms with Crippen LogP contribution in [0.15, 0.2) is 35.2 Å². The SMILES string of the molecule is CCOC(=O)c1cccc(NS(=O)(=O)c2cc(C)c(OC)cc2C)c1C. The van der Waals surface area contributed by atoms with E-state index < -0.39 is 16.0 Å². The van der Waals surface area contributed by atoms with Crippen molar-refractivity contribution in [3.8, 4) is 5.75 Å². The van der Waals surface area contributed by atoms with Crippen molar-refractivity contribution in [1.82, 2.24) is 0 Å². The van der Waals surface area contributed by atoms with E-state index in [-0.39, 0.29) is 11.5 Å². The molecule has 0 atom stereocenters. The normalized spacial score (nSPS) is 11.1. The number of rotatable bonds is 6. The highest BCUT2D eigenvalue weighted by Gasteiger charge is 2.21. The highest BCUT2D eigenvalue weighted by atomic mass is 32.2. The Morgan fingerprint density at radius 1 is 1.12 bits per heavy atom. The molecule has 7 heteroatoms. The molecule has 140 valence electrons. The molecule has 0 spiro atoms. The zero-order valence-electron chi connectivity index (χ0n) is 15.5. The maximum Gasteiger partial charge on any atom is 0.338 e. The van der Waals surface area contributed by atoms with Crippen LogP contribution in [-0.4, -0.2) is 28.1 Å². The molecule has 0 heterocycles. The summed E-state index contributed by atoms with van der Waals surface area (Å²) in [4.78, 5) is 12.2. The van der Waals surface area contributed by atoms with Crippen LogP contribution in [0.3, 0.4) is 0 Å². The van der Waals surface area contributed by atoms with Crippen LogP contribution in [0.5, 0.6) is 5.75 Å². The van der Waals surface area contributed by atoms with Gasteiger partial charge in [-0.1, -0.05) is 6.07 Å². The third-order valence-electron chi connectivity index (χ3n) is 4.06. The molecule has 2 rings (SSSR count). The van der Waals surface area contributed by atoms with Crippen LogP contribution in [0, 0.1) is 20.8 Å². The second-order valence-corrected chi connectivity index (χ2v) is 7.54. The molecule has 0 aliphatic heterocycles. The second kappa shape index (κ2) is 7.78. The Hall–Kier alpha value is -2.54. The van der Waals surface area contributed by atoms with Crippen LogP contribution in [0.4, 0.5) is 5.69 Å². The number of sulfonamides is 1. The third kappa shape index (κ3) is 3.99. The van der Waals surface area contributed by atoms with Crippen LogP contribution in [0.2, 0.25) is 0 Å². The average molecular weight is 377 g/mol. The molecule has 0 unspecified atom stereocenters. The van der Waals surface area contributed by atoms with E-state index >= 15 is 0 Å². The minimum atomic E-state index is -3.83. The topological polar surface area (TPSA) is 81.7 Å². The lowest BCUT2D eigenvalue weighted by atomic mass is 10.1. The lowest BCUT2D eigenvalue weighted by Gasteiger charge is -2.16. The first-order valence-electron chi connectivity index (χ1n) is 8.16.